The summed E-state index contributed by atoms with van der Waals surface area (Å²) in [6.45, 7) is 6.43. The summed E-state index contributed by atoms with van der Waals surface area (Å²) in [5.41, 5.74) is 3.39. The lowest BCUT2D eigenvalue weighted by atomic mass is 10.1. The van der Waals surface area contributed by atoms with Crippen molar-refractivity contribution in [3.8, 4) is 5.75 Å². The van der Waals surface area contributed by atoms with E-state index in [-0.39, 0.29) is 18.9 Å². The maximum atomic E-state index is 12.3. The number of nitrogens with one attached hydrogen (secondary N) is 1. The van der Waals surface area contributed by atoms with Crippen LogP contribution in [0.15, 0.2) is 42.5 Å². The number of amides is 1. The van der Waals surface area contributed by atoms with Crippen LogP contribution >= 0.6 is 0 Å². The summed E-state index contributed by atoms with van der Waals surface area (Å²) < 4.78 is 31.5. The smallest absolute Gasteiger partial charge is 0.232 e. The van der Waals surface area contributed by atoms with Gasteiger partial charge in [-0.25, -0.2) is 8.42 Å². The first-order valence-electron chi connectivity index (χ1n) is 9.28. The van der Waals surface area contributed by atoms with Gasteiger partial charge in [0.1, 0.15) is 5.75 Å². The van der Waals surface area contributed by atoms with Crippen molar-refractivity contribution in [2.75, 3.05) is 29.0 Å². The maximum Gasteiger partial charge on any atom is 0.232 e. The lowest BCUT2D eigenvalue weighted by Gasteiger charge is -2.24. The van der Waals surface area contributed by atoms with Crippen LogP contribution in [0.2, 0.25) is 0 Å². The predicted molar refractivity (Wildman–Crippen MR) is 114 cm³/mol. The first-order valence-corrected chi connectivity index (χ1v) is 11.1. The molecule has 0 saturated carbocycles. The van der Waals surface area contributed by atoms with Crippen LogP contribution in [0.4, 0.5) is 11.4 Å². The van der Waals surface area contributed by atoms with Gasteiger partial charge >= 0.3 is 0 Å². The van der Waals surface area contributed by atoms with Crippen LogP contribution in [0.3, 0.4) is 0 Å². The van der Waals surface area contributed by atoms with Gasteiger partial charge in [-0.2, -0.15) is 0 Å². The molecule has 0 unspecified atom stereocenters. The van der Waals surface area contributed by atoms with Crippen molar-refractivity contribution in [2.24, 2.45) is 0 Å². The first-order chi connectivity index (χ1) is 13.2. The van der Waals surface area contributed by atoms with Crippen LogP contribution in [0, 0.1) is 13.8 Å². The Kier molecular flexibility index (Phi) is 7.45. The summed E-state index contributed by atoms with van der Waals surface area (Å²) >= 11 is 0. The minimum absolute atomic E-state index is 0.142. The van der Waals surface area contributed by atoms with Crippen molar-refractivity contribution < 1.29 is 17.9 Å². The molecule has 7 heteroatoms. The third kappa shape index (κ3) is 6.27. The molecule has 0 spiro atoms. The Morgan fingerprint density at radius 2 is 1.75 bits per heavy atom. The van der Waals surface area contributed by atoms with Gasteiger partial charge in [-0.05, 0) is 62.6 Å². The molecule has 0 aromatic heterocycles. The molecule has 152 valence electrons. The zero-order chi connectivity index (χ0) is 20.7. The number of benzene rings is 2. The number of aryl methyl sites for hydroxylation is 2. The maximum absolute atomic E-state index is 12.3. The largest absolute Gasteiger partial charge is 0.492 e. The van der Waals surface area contributed by atoms with E-state index in [1.54, 1.807) is 24.3 Å². The Morgan fingerprint density at radius 3 is 2.36 bits per heavy atom. The molecule has 0 atom stereocenters. The first kappa shape index (κ1) is 21.8. The standard InChI is InChI=1S/C21H28N2O4S/c1-5-27-20-10-7-6-9-19(20)23(28(4,25)26)12-8-11-21(24)22-18-14-16(2)13-17(3)15-18/h6-7,9-10,13-15H,5,8,11-12H2,1-4H3,(H,22,24). The van der Waals surface area contributed by atoms with Crippen molar-refractivity contribution >= 4 is 27.3 Å². The van der Waals surface area contributed by atoms with Crippen LogP contribution in [0.25, 0.3) is 0 Å². The molecule has 2 rings (SSSR count). The molecule has 0 saturated heterocycles. The minimum atomic E-state index is -3.51. The Balaban J connectivity index is 2.04. The Hall–Kier alpha value is -2.54. The number of anilines is 2. The zero-order valence-electron chi connectivity index (χ0n) is 16.9. The topological polar surface area (TPSA) is 75.7 Å². The second-order valence-corrected chi connectivity index (χ2v) is 8.67. The molecule has 0 bridgehead atoms. The van der Waals surface area contributed by atoms with Gasteiger partial charge in [0, 0.05) is 18.7 Å². The highest BCUT2D eigenvalue weighted by molar-refractivity contribution is 7.92. The average molecular weight is 405 g/mol. The Morgan fingerprint density at radius 1 is 1.11 bits per heavy atom. The van der Waals surface area contributed by atoms with Crippen molar-refractivity contribution in [2.45, 2.75) is 33.6 Å². The van der Waals surface area contributed by atoms with E-state index in [9.17, 15) is 13.2 Å². The van der Waals surface area contributed by atoms with Gasteiger partial charge in [0.05, 0.1) is 18.6 Å². The van der Waals surface area contributed by atoms with Gasteiger partial charge in [-0.1, -0.05) is 18.2 Å². The molecule has 1 N–H and O–H groups in total. The lowest BCUT2D eigenvalue weighted by Crippen LogP contribution is -2.31. The third-order valence-corrected chi connectivity index (χ3v) is 5.28. The number of carbonyl (C=O) groups excluding carboxylic acids is 1. The minimum Gasteiger partial charge on any atom is -0.492 e. The number of para-hydroxylation sites is 2. The van der Waals surface area contributed by atoms with E-state index in [4.69, 9.17) is 4.74 Å². The number of ether oxygens (including phenoxy) is 1. The van der Waals surface area contributed by atoms with Gasteiger partial charge < -0.3 is 10.1 Å². The quantitative estimate of drug-likeness (QED) is 0.688. The molecule has 0 fully saturated rings. The van der Waals surface area contributed by atoms with Gasteiger partial charge in [-0.15, -0.1) is 0 Å². The molecule has 0 heterocycles. The van der Waals surface area contributed by atoms with Crippen molar-refractivity contribution in [1.82, 2.24) is 0 Å². The Labute approximate surface area is 167 Å². The molecule has 1 amide bonds. The second-order valence-electron chi connectivity index (χ2n) is 6.76. The molecule has 0 radical (unpaired) electrons. The van der Waals surface area contributed by atoms with Gasteiger partial charge in [0.25, 0.3) is 0 Å². The monoisotopic (exact) mass is 404 g/mol. The highest BCUT2D eigenvalue weighted by Gasteiger charge is 2.21. The van der Waals surface area contributed by atoms with Gasteiger partial charge in [0.15, 0.2) is 0 Å². The second kappa shape index (κ2) is 9.59. The average Bonchev–Trinajstić information content (AvgIpc) is 2.58. The van der Waals surface area contributed by atoms with E-state index in [1.165, 1.54) is 4.31 Å². The number of carbonyl (C=O) groups is 1. The van der Waals surface area contributed by atoms with E-state index < -0.39 is 10.0 Å². The highest BCUT2D eigenvalue weighted by atomic mass is 32.2. The molecule has 0 aliphatic rings. The summed E-state index contributed by atoms with van der Waals surface area (Å²) in [5, 5.41) is 2.88. The van der Waals surface area contributed by atoms with E-state index >= 15 is 0 Å². The van der Waals surface area contributed by atoms with E-state index in [0.717, 1.165) is 23.1 Å². The Bertz CT molecular complexity index is 906. The lowest BCUT2D eigenvalue weighted by molar-refractivity contribution is -0.116. The molecule has 0 aliphatic carbocycles. The highest BCUT2D eigenvalue weighted by Crippen LogP contribution is 2.30. The zero-order valence-corrected chi connectivity index (χ0v) is 17.7. The normalized spacial score (nSPS) is 11.1. The SMILES string of the molecule is CCOc1ccccc1N(CCCC(=O)Nc1cc(C)cc(C)c1)S(C)(=O)=O. The van der Waals surface area contributed by atoms with E-state index in [2.05, 4.69) is 5.32 Å². The van der Waals surface area contributed by atoms with Crippen LogP contribution in [-0.4, -0.2) is 33.7 Å². The molecule has 0 aliphatic heterocycles. The van der Waals surface area contributed by atoms with E-state index in [1.807, 2.05) is 39.0 Å². The summed E-state index contributed by atoms with van der Waals surface area (Å²) in [5.74, 6) is 0.367. The van der Waals surface area contributed by atoms with Crippen LogP contribution in [0.1, 0.15) is 30.9 Å². The van der Waals surface area contributed by atoms with Gasteiger partial charge in [0.2, 0.25) is 15.9 Å². The molecule has 6 nitrogen and oxygen atoms in total. The molecular formula is C21H28N2O4S. The number of hydrogen-bond donors (Lipinski definition) is 1. The summed E-state index contributed by atoms with van der Waals surface area (Å²) in [6.07, 6.45) is 1.77. The fourth-order valence-electron chi connectivity index (χ4n) is 3.06. The van der Waals surface area contributed by atoms with Crippen LogP contribution < -0.4 is 14.4 Å². The van der Waals surface area contributed by atoms with E-state index in [0.29, 0.717) is 24.5 Å². The summed E-state index contributed by atoms with van der Waals surface area (Å²) in [7, 11) is -3.51. The van der Waals surface area contributed by atoms with Crippen molar-refractivity contribution in [1.29, 1.82) is 0 Å². The predicted octanol–water partition coefficient (Wildman–Crippen LogP) is 3.89. The third-order valence-electron chi connectivity index (χ3n) is 4.10. The fraction of sp³-hybridized carbons (Fsp3) is 0.381. The van der Waals surface area contributed by atoms with Crippen molar-refractivity contribution in [3.05, 3.63) is 53.6 Å². The number of sulfonamides is 1. The van der Waals surface area contributed by atoms with Gasteiger partial charge in [-0.3, -0.25) is 9.10 Å². The van der Waals surface area contributed by atoms with Crippen LogP contribution in [0.5, 0.6) is 5.75 Å². The van der Waals surface area contributed by atoms with Crippen LogP contribution in [-0.2, 0) is 14.8 Å². The summed E-state index contributed by atoms with van der Waals surface area (Å²) in [6, 6.07) is 12.9. The molecule has 2 aromatic rings. The number of nitrogens with zero attached hydrogens (tertiary/aromatic N) is 1. The number of rotatable bonds is 9. The molecular weight excluding hydrogens is 376 g/mol. The summed E-state index contributed by atoms with van der Waals surface area (Å²) in [4.78, 5) is 12.3. The van der Waals surface area contributed by atoms with Crippen molar-refractivity contribution in [3.63, 3.8) is 0 Å². The fourth-order valence-corrected chi connectivity index (χ4v) is 4.03. The molecule has 28 heavy (non-hydrogen) atoms. The molecule has 2 aromatic carbocycles. The number of hydrogen-bond acceptors (Lipinski definition) is 4.